The van der Waals surface area contributed by atoms with E-state index in [2.05, 4.69) is 20.6 Å². The molecule has 0 aliphatic carbocycles. The van der Waals surface area contributed by atoms with Crippen molar-refractivity contribution in [3.63, 3.8) is 0 Å². The van der Waals surface area contributed by atoms with Crippen LogP contribution in [-0.4, -0.2) is 45.3 Å². The summed E-state index contributed by atoms with van der Waals surface area (Å²) in [6.07, 6.45) is 2.32. The Kier molecular flexibility index (Phi) is 5.06. The van der Waals surface area contributed by atoms with E-state index in [1.54, 1.807) is 0 Å². The Balaban J connectivity index is 1.36. The molecule has 4 amide bonds. The predicted molar refractivity (Wildman–Crippen MR) is 111 cm³/mol. The maximum atomic E-state index is 12.6. The van der Waals surface area contributed by atoms with Crippen LogP contribution < -0.4 is 10.6 Å². The Hall–Kier alpha value is -3.20. The molecule has 1 aromatic carbocycles. The predicted octanol–water partition coefficient (Wildman–Crippen LogP) is 2.73. The molecule has 1 aliphatic heterocycles. The van der Waals surface area contributed by atoms with Gasteiger partial charge in [0.05, 0.1) is 12.1 Å². The zero-order valence-corrected chi connectivity index (χ0v) is 16.9. The smallest absolute Gasteiger partial charge is 0.324 e. The summed E-state index contributed by atoms with van der Waals surface area (Å²) in [4.78, 5) is 46.8. The van der Waals surface area contributed by atoms with Crippen LogP contribution in [0.15, 0.2) is 30.5 Å². The Morgan fingerprint density at radius 2 is 2.07 bits per heavy atom. The van der Waals surface area contributed by atoms with Gasteiger partial charge in [-0.1, -0.05) is 18.2 Å². The number of nitrogens with one attached hydrogen (secondary N) is 3. The number of aromatic amines is 1. The van der Waals surface area contributed by atoms with Crippen molar-refractivity contribution in [1.82, 2.24) is 20.2 Å². The monoisotopic (exact) mass is 411 g/mol. The lowest BCUT2D eigenvalue weighted by molar-refractivity contribution is -0.129. The normalized spacial score (nSPS) is 16.5. The number of urea groups is 1. The summed E-state index contributed by atoms with van der Waals surface area (Å²) in [5, 5.41) is 6.88. The number of nitrogens with zero attached hydrogens (tertiary/aromatic N) is 2. The SMILES string of the molecule is Cc1nc(NC(=O)C[C@@H]2NC(=O)N(CCc3c[nH]c4ccccc34)C2=O)sc1C. The van der Waals surface area contributed by atoms with Gasteiger partial charge in [0.25, 0.3) is 5.91 Å². The van der Waals surface area contributed by atoms with Gasteiger partial charge >= 0.3 is 6.03 Å². The van der Waals surface area contributed by atoms with E-state index in [0.717, 1.165) is 27.0 Å². The van der Waals surface area contributed by atoms with Gasteiger partial charge in [0.15, 0.2) is 5.13 Å². The summed E-state index contributed by atoms with van der Waals surface area (Å²) < 4.78 is 0. The van der Waals surface area contributed by atoms with Crippen molar-refractivity contribution in [1.29, 1.82) is 0 Å². The molecule has 0 saturated carbocycles. The fourth-order valence-corrected chi connectivity index (χ4v) is 4.21. The lowest BCUT2D eigenvalue weighted by atomic mass is 10.1. The van der Waals surface area contributed by atoms with Crippen molar-refractivity contribution in [3.05, 3.63) is 46.6 Å². The first-order valence-corrected chi connectivity index (χ1v) is 10.1. The third-order valence-electron chi connectivity index (χ3n) is 5.05. The van der Waals surface area contributed by atoms with Crippen molar-refractivity contribution in [3.8, 4) is 0 Å². The number of thiazole rings is 1. The minimum atomic E-state index is -0.854. The van der Waals surface area contributed by atoms with Crippen molar-refractivity contribution in [2.24, 2.45) is 0 Å². The van der Waals surface area contributed by atoms with E-state index in [0.29, 0.717) is 11.6 Å². The molecular formula is C20H21N5O3S. The molecule has 3 N–H and O–H groups in total. The Labute approximate surface area is 171 Å². The summed E-state index contributed by atoms with van der Waals surface area (Å²) >= 11 is 1.38. The second-order valence-electron chi connectivity index (χ2n) is 7.01. The van der Waals surface area contributed by atoms with Crippen LogP contribution in [0.4, 0.5) is 9.93 Å². The highest BCUT2D eigenvalue weighted by atomic mass is 32.1. The molecule has 9 heteroatoms. The molecule has 1 fully saturated rings. The first kappa shape index (κ1) is 19.1. The molecule has 29 heavy (non-hydrogen) atoms. The number of fused-ring (bicyclic) bond motifs is 1. The number of benzene rings is 1. The molecule has 0 bridgehead atoms. The summed E-state index contributed by atoms with van der Waals surface area (Å²) in [5.41, 5.74) is 2.91. The quantitative estimate of drug-likeness (QED) is 0.542. The molecular weight excluding hydrogens is 390 g/mol. The van der Waals surface area contributed by atoms with Crippen molar-refractivity contribution < 1.29 is 14.4 Å². The number of para-hydroxylation sites is 1. The van der Waals surface area contributed by atoms with Gasteiger partial charge in [-0.25, -0.2) is 9.78 Å². The highest BCUT2D eigenvalue weighted by Gasteiger charge is 2.38. The molecule has 0 unspecified atom stereocenters. The average molecular weight is 411 g/mol. The molecule has 1 aliphatic rings. The molecule has 2 aromatic heterocycles. The number of carbonyl (C=O) groups is 3. The number of aromatic nitrogens is 2. The topological polar surface area (TPSA) is 107 Å². The summed E-state index contributed by atoms with van der Waals surface area (Å²) in [5.74, 6) is -0.729. The summed E-state index contributed by atoms with van der Waals surface area (Å²) in [6.45, 7) is 4.05. The average Bonchev–Trinajstić information content (AvgIpc) is 3.31. The van der Waals surface area contributed by atoms with Crippen molar-refractivity contribution >= 4 is 45.2 Å². The van der Waals surface area contributed by atoms with E-state index in [9.17, 15) is 14.4 Å². The molecule has 3 heterocycles. The van der Waals surface area contributed by atoms with E-state index in [4.69, 9.17) is 0 Å². The van der Waals surface area contributed by atoms with Crippen LogP contribution in [-0.2, 0) is 16.0 Å². The third kappa shape index (κ3) is 3.86. The summed E-state index contributed by atoms with van der Waals surface area (Å²) in [6, 6.07) is 6.56. The van der Waals surface area contributed by atoms with Gasteiger partial charge in [-0.2, -0.15) is 0 Å². The zero-order chi connectivity index (χ0) is 20.5. The molecule has 150 valence electrons. The first-order valence-electron chi connectivity index (χ1n) is 9.33. The number of hydrogen-bond acceptors (Lipinski definition) is 5. The number of amides is 4. The second kappa shape index (κ2) is 7.67. The second-order valence-corrected chi connectivity index (χ2v) is 8.22. The Bertz CT molecular complexity index is 1080. The molecule has 0 spiro atoms. The largest absolute Gasteiger partial charge is 0.361 e. The number of H-pyrrole nitrogens is 1. The summed E-state index contributed by atoms with van der Waals surface area (Å²) in [7, 11) is 0. The highest BCUT2D eigenvalue weighted by Crippen LogP contribution is 2.22. The van der Waals surface area contributed by atoms with Crippen LogP contribution in [0.2, 0.25) is 0 Å². The fraction of sp³-hybridized carbons (Fsp3) is 0.300. The van der Waals surface area contributed by atoms with E-state index in [1.165, 1.54) is 16.2 Å². The van der Waals surface area contributed by atoms with E-state index in [-0.39, 0.29) is 24.8 Å². The number of imide groups is 1. The van der Waals surface area contributed by atoms with Crippen LogP contribution in [0.5, 0.6) is 0 Å². The zero-order valence-electron chi connectivity index (χ0n) is 16.1. The first-order chi connectivity index (χ1) is 13.9. The van der Waals surface area contributed by atoms with E-state index < -0.39 is 12.1 Å². The van der Waals surface area contributed by atoms with Crippen LogP contribution in [0.1, 0.15) is 22.6 Å². The van der Waals surface area contributed by atoms with Crippen LogP contribution in [0.25, 0.3) is 10.9 Å². The van der Waals surface area contributed by atoms with E-state index in [1.807, 2.05) is 44.3 Å². The van der Waals surface area contributed by atoms with Gasteiger partial charge in [-0.15, -0.1) is 11.3 Å². The number of hydrogen-bond donors (Lipinski definition) is 3. The van der Waals surface area contributed by atoms with Gasteiger partial charge in [0.1, 0.15) is 6.04 Å². The number of carbonyl (C=O) groups excluding carboxylic acids is 3. The maximum absolute atomic E-state index is 12.6. The fourth-order valence-electron chi connectivity index (χ4n) is 3.38. The third-order valence-corrected chi connectivity index (χ3v) is 6.04. The lowest BCUT2D eigenvalue weighted by Gasteiger charge is -2.12. The van der Waals surface area contributed by atoms with Crippen LogP contribution in [0, 0.1) is 13.8 Å². The highest BCUT2D eigenvalue weighted by molar-refractivity contribution is 7.15. The van der Waals surface area contributed by atoms with Crippen molar-refractivity contribution in [2.75, 3.05) is 11.9 Å². The molecule has 1 atom stereocenters. The minimum Gasteiger partial charge on any atom is -0.361 e. The number of rotatable bonds is 6. The van der Waals surface area contributed by atoms with Crippen LogP contribution >= 0.6 is 11.3 Å². The minimum absolute atomic E-state index is 0.119. The molecule has 3 aromatic rings. The van der Waals surface area contributed by atoms with E-state index >= 15 is 0 Å². The molecule has 4 rings (SSSR count). The number of aryl methyl sites for hydroxylation is 2. The molecule has 0 radical (unpaired) electrons. The van der Waals surface area contributed by atoms with Gasteiger partial charge in [0.2, 0.25) is 5.91 Å². The van der Waals surface area contributed by atoms with Gasteiger partial charge < -0.3 is 15.6 Å². The van der Waals surface area contributed by atoms with Gasteiger partial charge in [-0.05, 0) is 31.9 Å². The maximum Gasteiger partial charge on any atom is 0.324 e. The molecule has 1 saturated heterocycles. The van der Waals surface area contributed by atoms with Gasteiger partial charge in [0, 0.05) is 28.5 Å². The lowest BCUT2D eigenvalue weighted by Crippen LogP contribution is -2.34. The Morgan fingerprint density at radius 1 is 1.28 bits per heavy atom. The number of anilines is 1. The van der Waals surface area contributed by atoms with Crippen molar-refractivity contribution in [2.45, 2.75) is 32.7 Å². The standard InChI is InChI=1S/C20H21N5O3S/c1-11-12(2)29-19(22-11)24-17(26)9-16-18(27)25(20(28)23-16)8-7-13-10-21-15-6-4-3-5-14(13)15/h3-6,10,16,21H,7-9H2,1-2H3,(H,23,28)(H,22,24,26)/t16-/m0/s1. The Morgan fingerprint density at radius 3 is 2.83 bits per heavy atom. The molecule has 8 nitrogen and oxygen atoms in total. The van der Waals surface area contributed by atoms with Crippen LogP contribution in [0.3, 0.4) is 0 Å². The van der Waals surface area contributed by atoms with Gasteiger partial charge in [-0.3, -0.25) is 14.5 Å².